The second-order valence-corrected chi connectivity index (χ2v) is 4.44. The zero-order chi connectivity index (χ0) is 13.5. The van der Waals surface area contributed by atoms with Crippen molar-refractivity contribution in [3.63, 3.8) is 0 Å². The second kappa shape index (κ2) is 6.97. The molecule has 0 spiro atoms. The number of nitro benzene ring substituents is 1. The van der Waals surface area contributed by atoms with Crippen LogP contribution >= 0.6 is 15.9 Å². The summed E-state index contributed by atoms with van der Waals surface area (Å²) in [6.07, 6.45) is 0.926. The molecule has 5 nitrogen and oxygen atoms in total. The highest BCUT2D eigenvalue weighted by molar-refractivity contribution is 9.09. The van der Waals surface area contributed by atoms with Gasteiger partial charge in [-0.1, -0.05) is 22.9 Å². The van der Waals surface area contributed by atoms with Crippen LogP contribution in [0.2, 0.25) is 0 Å². The molecule has 1 atom stereocenters. The third-order valence-corrected chi connectivity index (χ3v) is 3.47. The van der Waals surface area contributed by atoms with Crippen molar-refractivity contribution in [1.29, 1.82) is 5.26 Å². The van der Waals surface area contributed by atoms with E-state index in [-0.39, 0.29) is 17.0 Å². The topological polar surface area (TPSA) is 76.2 Å². The van der Waals surface area contributed by atoms with Crippen LogP contribution in [0.1, 0.15) is 18.9 Å². The largest absolute Gasteiger partial charge is 0.486 e. The van der Waals surface area contributed by atoms with Gasteiger partial charge in [0.1, 0.15) is 0 Å². The Morgan fingerprint density at radius 3 is 2.83 bits per heavy atom. The van der Waals surface area contributed by atoms with E-state index in [0.29, 0.717) is 12.5 Å². The third kappa shape index (κ3) is 3.70. The smallest absolute Gasteiger partial charge is 0.312 e. The molecule has 1 unspecified atom stereocenters. The Balaban J connectivity index is 2.88. The molecule has 0 amide bonds. The summed E-state index contributed by atoms with van der Waals surface area (Å²) >= 11 is 3.36. The van der Waals surface area contributed by atoms with Crippen molar-refractivity contribution in [1.82, 2.24) is 0 Å². The van der Waals surface area contributed by atoms with Crippen molar-refractivity contribution in [3.8, 4) is 11.8 Å². The predicted octanol–water partition coefficient (Wildman–Crippen LogP) is 3.27. The minimum Gasteiger partial charge on any atom is -0.486 e. The van der Waals surface area contributed by atoms with Gasteiger partial charge < -0.3 is 4.74 Å². The van der Waals surface area contributed by atoms with Crippen molar-refractivity contribution in [2.45, 2.75) is 13.3 Å². The fourth-order valence-electron chi connectivity index (χ4n) is 1.33. The highest BCUT2D eigenvalue weighted by Crippen LogP contribution is 2.28. The summed E-state index contributed by atoms with van der Waals surface area (Å²) in [6, 6.07) is 6.08. The molecule has 0 saturated heterocycles. The molecule has 0 aliphatic heterocycles. The normalized spacial score (nSPS) is 11.6. The number of nitrogens with zero attached hydrogens (tertiary/aromatic N) is 2. The van der Waals surface area contributed by atoms with E-state index in [1.165, 1.54) is 18.2 Å². The zero-order valence-corrected chi connectivity index (χ0v) is 11.5. The molecule has 0 aromatic heterocycles. The van der Waals surface area contributed by atoms with Gasteiger partial charge in [0.05, 0.1) is 23.2 Å². The molecule has 1 rings (SSSR count). The molecule has 6 heteroatoms. The van der Waals surface area contributed by atoms with E-state index >= 15 is 0 Å². The number of hydrogen-bond acceptors (Lipinski definition) is 4. The Morgan fingerprint density at radius 1 is 1.61 bits per heavy atom. The van der Waals surface area contributed by atoms with E-state index in [1.807, 2.05) is 13.0 Å². The highest BCUT2D eigenvalue weighted by Gasteiger charge is 2.17. The standard InChI is InChI=1S/C12H13BrN2O3/c1-2-9(6-13)8-18-12-4-3-10(7-14)5-11(12)15(16)17/h3-5,9H,2,6,8H2,1H3. The molecule has 1 aromatic carbocycles. The van der Waals surface area contributed by atoms with Crippen LogP contribution in [-0.2, 0) is 0 Å². The van der Waals surface area contributed by atoms with Crippen LogP contribution in [0, 0.1) is 27.4 Å². The molecular weight excluding hydrogens is 300 g/mol. The summed E-state index contributed by atoms with van der Waals surface area (Å²) in [5, 5.41) is 20.4. The number of alkyl halides is 1. The minimum absolute atomic E-state index is 0.168. The van der Waals surface area contributed by atoms with Gasteiger partial charge in [0.25, 0.3) is 0 Å². The van der Waals surface area contributed by atoms with Crippen LogP contribution in [0.5, 0.6) is 5.75 Å². The first kappa shape index (κ1) is 14.5. The third-order valence-electron chi connectivity index (χ3n) is 2.55. The quantitative estimate of drug-likeness (QED) is 0.459. The van der Waals surface area contributed by atoms with E-state index in [1.54, 1.807) is 0 Å². The Kier molecular flexibility index (Phi) is 5.59. The van der Waals surface area contributed by atoms with Crippen molar-refractivity contribution in [3.05, 3.63) is 33.9 Å². The van der Waals surface area contributed by atoms with Crippen molar-refractivity contribution < 1.29 is 9.66 Å². The van der Waals surface area contributed by atoms with Crippen LogP contribution in [-0.4, -0.2) is 16.9 Å². The van der Waals surface area contributed by atoms with Gasteiger partial charge in [-0.25, -0.2) is 0 Å². The summed E-state index contributed by atoms with van der Waals surface area (Å²) in [7, 11) is 0. The minimum atomic E-state index is -0.536. The summed E-state index contributed by atoms with van der Waals surface area (Å²) < 4.78 is 5.46. The van der Waals surface area contributed by atoms with Gasteiger partial charge in [-0.3, -0.25) is 10.1 Å². The van der Waals surface area contributed by atoms with E-state index < -0.39 is 4.92 Å². The van der Waals surface area contributed by atoms with Gasteiger partial charge in [0, 0.05) is 17.3 Å². The molecule has 0 bridgehead atoms. The predicted molar refractivity (Wildman–Crippen MR) is 70.9 cm³/mol. The molecule has 0 heterocycles. The van der Waals surface area contributed by atoms with Crippen molar-refractivity contribution in [2.24, 2.45) is 5.92 Å². The first-order valence-corrected chi connectivity index (χ1v) is 6.61. The Bertz CT molecular complexity index is 467. The second-order valence-electron chi connectivity index (χ2n) is 3.79. The molecule has 0 N–H and O–H groups in total. The summed E-state index contributed by atoms with van der Waals surface area (Å²) in [4.78, 5) is 10.3. The van der Waals surface area contributed by atoms with E-state index in [4.69, 9.17) is 10.00 Å². The molecular formula is C12H13BrN2O3. The van der Waals surface area contributed by atoms with Crippen LogP contribution in [0.25, 0.3) is 0 Å². The number of benzene rings is 1. The van der Waals surface area contributed by atoms with Gasteiger partial charge in [-0.15, -0.1) is 0 Å². The highest BCUT2D eigenvalue weighted by atomic mass is 79.9. The SMILES string of the molecule is CCC(CBr)COc1ccc(C#N)cc1[N+](=O)[O-]. The van der Waals surface area contributed by atoms with Gasteiger partial charge in [-0.2, -0.15) is 5.26 Å². The number of ether oxygens (including phenoxy) is 1. The summed E-state index contributed by atoms with van der Waals surface area (Å²) in [6.45, 7) is 2.44. The lowest BCUT2D eigenvalue weighted by Gasteiger charge is -2.13. The van der Waals surface area contributed by atoms with E-state index in [9.17, 15) is 10.1 Å². The van der Waals surface area contributed by atoms with Gasteiger partial charge >= 0.3 is 5.69 Å². The fraction of sp³-hybridized carbons (Fsp3) is 0.417. The lowest BCUT2D eigenvalue weighted by Crippen LogP contribution is -2.13. The Labute approximate surface area is 114 Å². The van der Waals surface area contributed by atoms with Crippen LogP contribution in [0.4, 0.5) is 5.69 Å². The Hall–Kier alpha value is -1.61. The fourth-order valence-corrected chi connectivity index (χ4v) is 1.98. The molecule has 0 aliphatic carbocycles. The monoisotopic (exact) mass is 312 g/mol. The first-order valence-electron chi connectivity index (χ1n) is 5.49. The molecule has 18 heavy (non-hydrogen) atoms. The van der Waals surface area contributed by atoms with Crippen LogP contribution in [0.3, 0.4) is 0 Å². The number of nitriles is 1. The van der Waals surface area contributed by atoms with Crippen molar-refractivity contribution >= 4 is 21.6 Å². The average Bonchev–Trinajstić information content (AvgIpc) is 2.39. The van der Waals surface area contributed by atoms with Gasteiger partial charge in [0.15, 0.2) is 5.75 Å². The number of nitro groups is 1. The van der Waals surface area contributed by atoms with Gasteiger partial charge in [0.2, 0.25) is 0 Å². The number of rotatable bonds is 6. The number of halogens is 1. The van der Waals surface area contributed by atoms with Crippen molar-refractivity contribution in [2.75, 3.05) is 11.9 Å². The van der Waals surface area contributed by atoms with Crippen LogP contribution < -0.4 is 4.74 Å². The lowest BCUT2D eigenvalue weighted by molar-refractivity contribution is -0.385. The number of hydrogen-bond donors (Lipinski definition) is 0. The first-order chi connectivity index (χ1) is 8.62. The molecule has 0 aliphatic rings. The zero-order valence-electron chi connectivity index (χ0n) is 9.93. The summed E-state index contributed by atoms with van der Waals surface area (Å²) in [5.74, 6) is 0.513. The molecule has 0 radical (unpaired) electrons. The lowest BCUT2D eigenvalue weighted by atomic mass is 10.1. The van der Waals surface area contributed by atoms with Crippen LogP contribution in [0.15, 0.2) is 18.2 Å². The van der Waals surface area contributed by atoms with E-state index in [2.05, 4.69) is 15.9 Å². The molecule has 0 fully saturated rings. The van der Waals surface area contributed by atoms with Gasteiger partial charge in [-0.05, 0) is 18.6 Å². The maximum Gasteiger partial charge on any atom is 0.312 e. The molecule has 0 saturated carbocycles. The Morgan fingerprint density at radius 2 is 2.33 bits per heavy atom. The summed E-state index contributed by atoms with van der Waals surface area (Å²) in [5.41, 5.74) is 0.0834. The van der Waals surface area contributed by atoms with E-state index in [0.717, 1.165) is 11.8 Å². The average molecular weight is 313 g/mol. The maximum atomic E-state index is 10.9. The molecule has 96 valence electrons. The maximum absolute atomic E-state index is 10.9. The molecule has 1 aromatic rings.